The number of anilines is 1. The monoisotopic (exact) mass is 413 g/mol. The Kier molecular flexibility index (Phi) is 6.91. The number of halogens is 1. The van der Waals surface area contributed by atoms with Gasteiger partial charge in [0.25, 0.3) is 0 Å². The molecule has 2 N–H and O–H groups in total. The van der Waals surface area contributed by atoms with Crippen molar-refractivity contribution in [2.75, 3.05) is 11.9 Å². The molecular weight excluding hydrogens is 393 g/mol. The van der Waals surface area contributed by atoms with Crippen LogP contribution in [-0.2, 0) is 16.0 Å². The molecule has 0 aliphatic rings. The van der Waals surface area contributed by atoms with Gasteiger partial charge >= 0.3 is 0 Å². The molecule has 8 heteroatoms. The number of amides is 2. The van der Waals surface area contributed by atoms with E-state index >= 15 is 0 Å². The van der Waals surface area contributed by atoms with Crippen molar-refractivity contribution in [2.24, 2.45) is 0 Å². The summed E-state index contributed by atoms with van der Waals surface area (Å²) >= 11 is 1.34. The standard InChI is InChI=1S/C21H20FN3O3S/c1-14-4-5-15(12-18(14)22)11-17-13-24-21(29-17)25-20(27)8-9-23-19(26)7-6-16-3-2-10-28-16/h2-7,10,12-13H,8-9,11H2,1H3,(H,23,26)(H,24,25,27)/b7-6+. The molecule has 2 heterocycles. The van der Waals surface area contributed by atoms with Gasteiger partial charge in [0.2, 0.25) is 11.8 Å². The van der Waals surface area contributed by atoms with Crippen LogP contribution in [0.5, 0.6) is 0 Å². The number of aryl methyl sites for hydroxylation is 1. The van der Waals surface area contributed by atoms with Gasteiger partial charge in [-0.25, -0.2) is 9.37 Å². The van der Waals surface area contributed by atoms with E-state index in [2.05, 4.69) is 15.6 Å². The molecule has 3 rings (SSSR count). The number of carbonyl (C=O) groups excluding carboxylic acids is 2. The summed E-state index contributed by atoms with van der Waals surface area (Å²) < 4.78 is 18.7. The van der Waals surface area contributed by atoms with Gasteiger partial charge in [0.05, 0.1) is 6.26 Å². The Morgan fingerprint density at radius 3 is 2.93 bits per heavy atom. The molecule has 0 aliphatic carbocycles. The lowest BCUT2D eigenvalue weighted by Gasteiger charge is -2.03. The Labute approximate surface area is 171 Å². The molecule has 0 saturated carbocycles. The normalized spacial score (nSPS) is 11.0. The maximum atomic E-state index is 13.6. The molecule has 6 nitrogen and oxygen atoms in total. The number of benzene rings is 1. The van der Waals surface area contributed by atoms with Crippen molar-refractivity contribution < 1.29 is 18.4 Å². The van der Waals surface area contributed by atoms with Crippen LogP contribution in [0.2, 0.25) is 0 Å². The highest BCUT2D eigenvalue weighted by Gasteiger charge is 2.09. The van der Waals surface area contributed by atoms with E-state index in [1.54, 1.807) is 37.4 Å². The zero-order valence-electron chi connectivity index (χ0n) is 15.8. The SMILES string of the molecule is Cc1ccc(Cc2cnc(NC(=O)CCNC(=O)/C=C/c3ccco3)s2)cc1F. The highest BCUT2D eigenvalue weighted by molar-refractivity contribution is 7.15. The van der Waals surface area contributed by atoms with Crippen molar-refractivity contribution >= 4 is 34.4 Å². The topological polar surface area (TPSA) is 84.2 Å². The first-order valence-corrected chi connectivity index (χ1v) is 9.80. The smallest absolute Gasteiger partial charge is 0.244 e. The Hall–Kier alpha value is -3.26. The van der Waals surface area contributed by atoms with E-state index in [4.69, 9.17) is 4.42 Å². The van der Waals surface area contributed by atoms with Crippen molar-refractivity contribution in [3.8, 4) is 0 Å². The number of nitrogens with zero attached hydrogens (tertiary/aromatic N) is 1. The van der Waals surface area contributed by atoms with Gasteiger partial charge in [-0.05, 0) is 42.3 Å². The molecule has 0 atom stereocenters. The third-order valence-electron chi connectivity index (χ3n) is 4.01. The second kappa shape index (κ2) is 9.79. The van der Waals surface area contributed by atoms with Crippen LogP contribution in [0.4, 0.5) is 9.52 Å². The molecule has 2 aromatic heterocycles. The number of thiazole rings is 1. The predicted octanol–water partition coefficient (Wildman–Crippen LogP) is 3.93. The fraction of sp³-hybridized carbons (Fsp3) is 0.190. The fourth-order valence-corrected chi connectivity index (χ4v) is 3.34. The Morgan fingerprint density at radius 1 is 1.31 bits per heavy atom. The number of hydrogen-bond donors (Lipinski definition) is 2. The van der Waals surface area contributed by atoms with Crippen molar-refractivity contribution in [3.63, 3.8) is 0 Å². The molecule has 0 aliphatic heterocycles. The van der Waals surface area contributed by atoms with E-state index in [9.17, 15) is 14.0 Å². The molecule has 0 fully saturated rings. The van der Waals surface area contributed by atoms with E-state index < -0.39 is 0 Å². The first-order valence-electron chi connectivity index (χ1n) is 8.98. The van der Waals surface area contributed by atoms with Gasteiger partial charge in [-0.3, -0.25) is 9.59 Å². The second-order valence-electron chi connectivity index (χ2n) is 6.33. The zero-order chi connectivity index (χ0) is 20.6. The minimum Gasteiger partial charge on any atom is -0.465 e. The highest BCUT2D eigenvalue weighted by atomic mass is 32.1. The molecule has 29 heavy (non-hydrogen) atoms. The Morgan fingerprint density at radius 2 is 2.17 bits per heavy atom. The summed E-state index contributed by atoms with van der Waals surface area (Å²) in [6.45, 7) is 1.92. The van der Waals surface area contributed by atoms with Gasteiger partial charge in [-0.15, -0.1) is 11.3 Å². The number of aromatic nitrogens is 1. The highest BCUT2D eigenvalue weighted by Crippen LogP contribution is 2.22. The number of furan rings is 1. The van der Waals surface area contributed by atoms with E-state index in [0.29, 0.717) is 22.9 Å². The quantitative estimate of drug-likeness (QED) is 0.548. The molecule has 1 aromatic carbocycles. The van der Waals surface area contributed by atoms with Crippen molar-refractivity contribution in [2.45, 2.75) is 19.8 Å². The van der Waals surface area contributed by atoms with Crippen LogP contribution in [0.25, 0.3) is 6.08 Å². The van der Waals surface area contributed by atoms with Crippen LogP contribution in [0.1, 0.15) is 28.2 Å². The molecule has 3 aromatic rings. The maximum absolute atomic E-state index is 13.6. The lowest BCUT2D eigenvalue weighted by atomic mass is 10.1. The van der Waals surface area contributed by atoms with Crippen molar-refractivity contribution in [3.05, 3.63) is 76.4 Å². The molecule has 0 saturated heterocycles. The summed E-state index contributed by atoms with van der Waals surface area (Å²) in [6, 6.07) is 8.59. The third-order valence-corrected chi connectivity index (χ3v) is 4.92. The largest absolute Gasteiger partial charge is 0.465 e. The number of hydrogen-bond acceptors (Lipinski definition) is 5. The van der Waals surface area contributed by atoms with E-state index in [1.807, 2.05) is 6.07 Å². The minimum atomic E-state index is -0.309. The minimum absolute atomic E-state index is 0.123. The van der Waals surface area contributed by atoms with Crippen LogP contribution in [0, 0.1) is 12.7 Å². The summed E-state index contributed by atoms with van der Waals surface area (Å²) in [4.78, 5) is 28.8. The summed E-state index contributed by atoms with van der Waals surface area (Å²) in [5.74, 6) is -0.217. The Bertz CT molecular complexity index is 1010. The first-order chi connectivity index (χ1) is 14.0. The van der Waals surface area contributed by atoms with Crippen LogP contribution in [-0.4, -0.2) is 23.3 Å². The second-order valence-corrected chi connectivity index (χ2v) is 7.45. The van der Waals surface area contributed by atoms with Gasteiger partial charge in [-0.2, -0.15) is 0 Å². The summed E-state index contributed by atoms with van der Waals surface area (Å²) in [6.07, 6.45) is 6.75. The molecule has 0 unspecified atom stereocenters. The van der Waals surface area contributed by atoms with Gasteiger partial charge in [-0.1, -0.05) is 12.1 Å². The van der Waals surface area contributed by atoms with Gasteiger partial charge in [0, 0.05) is 36.5 Å². The van der Waals surface area contributed by atoms with Crippen molar-refractivity contribution in [1.82, 2.24) is 10.3 Å². The van der Waals surface area contributed by atoms with E-state index in [-0.39, 0.29) is 30.6 Å². The van der Waals surface area contributed by atoms with Gasteiger partial charge in [0.15, 0.2) is 5.13 Å². The Balaban J connectivity index is 1.41. The van der Waals surface area contributed by atoms with Crippen LogP contribution >= 0.6 is 11.3 Å². The van der Waals surface area contributed by atoms with E-state index in [0.717, 1.165) is 10.4 Å². The van der Waals surface area contributed by atoms with Crippen LogP contribution < -0.4 is 10.6 Å². The molecule has 0 radical (unpaired) electrons. The van der Waals surface area contributed by atoms with Crippen LogP contribution in [0.3, 0.4) is 0 Å². The zero-order valence-corrected chi connectivity index (χ0v) is 16.6. The average molecular weight is 413 g/mol. The van der Waals surface area contributed by atoms with Crippen LogP contribution in [0.15, 0.2) is 53.3 Å². The molecule has 0 spiro atoms. The summed E-state index contributed by atoms with van der Waals surface area (Å²) in [5.41, 5.74) is 1.45. The predicted molar refractivity (Wildman–Crippen MR) is 110 cm³/mol. The lowest BCUT2D eigenvalue weighted by Crippen LogP contribution is -2.26. The maximum Gasteiger partial charge on any atom is 0.244 e. The number of nitrogens with one attached hydrogen (secondary N) is 2. The summed E-state index contributed by atoms with van der Waals surface area (Å²) in [5, 5.41) is 5.81. The van der Waals surface area contributed by atoms with Gasteiger partial charge < -0.3 is 15.1 Å². The average Bonchev–Trinajstić information content (AvgIpc) is 3.35. The fourth-order valence-electron chi connectivity index (χ4n) is 2.48. The van der Waals surface area contributed by atoms with Gasteiger partial charge in [0.1, 0.15) is 11.6 Å². The molecular formula is C21H20FN3O3S. The third kappa shape index (κ3) is 6.39. The molecule has 0 bridgehead atoms. The molecule has 2 amide bonds. The molecule has 150 valence electrons. The number of rotatable bonds is 8. The lowest BCUT2D eigenvalue weighted by molar-refractivity contribution is -0.117. The summed E-state index contributed by atoms with van der Waals surface area (Å²) in [7, 11) is 0. The van der Waals surface area contributed by atoms with Crippen molar-refractivity contribution in [1.29, 1.82) is 0 Å². The van der Waals surface area contributed by atoms with E-state index in [1.165, 1.54) is 29.7 Å². The first kappa shape index (κ1) is 20.5. The number of carbonyl (C=O) groups is 2.